The quantitative estimate of drug-likeness (QED) is 0.812. The minimum absolute atomic E-state index is 0.0280. The normalized spacial score (nSPS) is 13.1. The fraction of sp³-hybridized carbons (Fsp3) is 0.467. The number of rotatable bonds is 7. The van der Waals surface area contributed by atoms with Crippen molar-refractivity contribution in [1.29, 1.82) is 0 Å². The number of hydrogen-bond acceptors (Lipinski definition) is 7. The number of nitrogens with one attached hydrogen (secondary N) is 1. The number of ether oxygens (including phenoxy) is 2. The molecule has 8 nitrogen and oxygen atoms in total. The topological polar surface area (TPSA) is 104 Å². The van der Waals surface area contributed by atoms with Crippen molar-refractivity contribution in [1.82, 2.24) is 14.9 Å². The van der Waals surface area contributed by atoms with Crippen LogP contribution < -0.4 is 14.2 Å². The Morgan fingerprint density at radius 3 is 2.42 bits per heavy atom. The molecule has 0 aliphatic rings. The van der Waals surface area contributed by atoms with Gasteiger partial charge in [0, 0.05) is 12.0 Å². The maximum absolute atomic E-state index is 12.7. The molecule has 0 bridgehead atoms. The van der Waals surface area contributed by atoms with E-state index in [9.17, 15) is 8.42 Å². The summed E-state index contributed by atoms with van der Waals surface area (Å²) in [7, 11) is -1.02. The third kappa shape index (κ3) is 3.85. The lowest BCUT2D eigenvalue weighted by Gasteiger charge is -2.14. The van der Waals surface area contributed by atoms with Gasteiger partial charge in [0.15, 0.2) is 5.82 Å². The van der Waals surface area contributed by atoms with Gasteiger partial charge in [0.25, 0.3) is 0 Å². The van der Waals surface area contributed by atoms with E-state index in [-0.39, 0.29) is 22.5 Å². The van der Waals surface area contributed by atoms with E-state index in [1.54, 1.807) is 13.0 Å². The highest BCUT2D eigenvalue weighted by molar-refractivity contribution is 7.89. The monoisotopic (exact) mass is 355 g/mol. The van der Waals surface area contributed by atoms with Gasteiger partial charge in [-0.1, -0.05) is 19.0 Å². The van der Waals surface area contributed by atoms with Crippen LogP contribution in [0.2, 0.25) is 0 Å². The first-order valence-electron chi connectivity index (χ1n) is 7.36. The van der Waals surface area contributed by atoms with Crippen LogP contribution in [0.5, 0.6) is 11.5 Å². The van der Waals surface area contributed by atoms with E-state index in [0.717, 1.165) is 0 Å². The van der Waals surface area contributed by atoms with Crippen molar-refractivity contribution in [3.8, 4) is 11.5 Å². The molecule has 1 aromatic carbocycles. The summed E-state index contributed by atoms with van der Waals surface area (Å²) in [5.74, 6) is 1.43. The lowest BCUT2D eigenvalue weighted by atomic mass is 10.2. The molecule has 0 aliphatic carbocycles. The van der Waals surface area contributed by atoms with Crippen LogP contribution in [-0.4, -0.2) is 32.8 Å². The number of sulfonamides is 1. The summed E-state index contributed by atoms with van der Waals surface area (Å²) in [6.45, 7) is 5.47. The standard InChI is InChI=1S/C15H21N3O5S/c1-9(2)14-16-15(23-17-14)10(3)18-24(19,20)13-8-11(21-4)6-7-12(13)22-5/h6-10,18H,1-5H3/t10-/m1/s1. The van der Waals surface area contributed by atoms with Crippen LogP contribution in [0, 0.1) is 0 Å². The van der Waals surface area contributed by atoms with Gasteiger partial charge in [-0.15, -0.1) is 0 Å². The fourth-order valence-electron chi connectivity index (χ4n) is 2.00. The van der Waals surface area contributed by atoms with E-state index >= 15 is 0 Å². The third-order valence-electron chi connectivity index (χ3n) is 3.34. The zero-order valence-electron chi connectivity index (χ0n) is 14.2. The molecule has 2 aromatic rings. The van der Waals surface area contributed by atoms with Crippen molar-refractivity contribution in [2.75, 3.05) is 14.2 Å². The van der Waals surface area contributed by atoms with Gasteiger partial charge >= 0.3 is 0 Å². The third-order valence-corrected chi connectivity index (χ3v) is 4.90. The fourth-order valence-corrected chi connectivity index (χ4v) is 3.38. The first-order valence-corrected chi connectivity index (χ1v) is 8.84. The second-order valence-corrected chi connectivity index (χ2v) is 7.19. The molecule has 0 saturated carbocycles. The number of aromatic nitrogens is 2. The maximum Gasteiger partial charge on any atom is 0.245 e. The Kier molecular flexibility index (Phi) is 5.45. The molecule has 0 amide bonds. The summed E-state index contributed by atoms with van der Waals surface area (Å²) in [6, 6.07) is 3.85. The molecule has 1 aromatic heterocycles. The first kappa shape index (κ1) is 18.2. The predicted molar refractivity (Wildman–Crippen MR) is 86.7 cm³/mol. The van der Waals surface area contributed by atoms with Gasteiger partial charge in [0.2, 0.25) is 15.9 Å². The molecule has 0 unspecified atom stereocenters. The lowest BCUT2D eigenvalue weighted by molar-refractivity contribution is 0.348. The number of hydrogen-bond donors (Lipinski definition) is 1. The zero-order chi connectivity index (χ0) is 17.9. The molecular formula is C15H21N3O5S. The Morgan fingerprint density at radius 1 is 1.17 bits per heavy atom. The highest BCUT2D eigenvalue weighted by Crippen LogP contribution is 2.29. The Morgan fingerprint density at radius 2 is 1.88 bits per heavy atom. The maximum atomic E-state index is 12.7. The Labute approximate surface area is 141 Å². The van der Waals surface area contributed by atoms with E-state index < -0.39 is 16.1 Å². The molecule has 1 N–H and O–H groups in total. The highest BCUT2D eigenvalue weighted by atomic mass is 32.2. The first-order chi connectivity index (χ1) is 11.3. The average molecular weight is 355 g/mol. The smallest absolute Gasteiger partial charge is 0.245 e. The Balaban J connectivity index is 2.30. The van der Waals surface area contributed by atoms with E-state index in [2.05, 4.69) is 14.9 Å². The molecule has 0 saturated heterocycles. The van der Waals surface area contributed by atoms with E-state index in [0.29, 0.717) is 11.6 Å². The van der Waals surface area contributed by atoms with Crippen LogP contribution in [0.4, 0.5) is 0 Å². The van der Waals surface area contributed by atoms with E-state index in [4.69, 9.17) is 14.0 Å². The molecule has 1 atom stereocenters. The van der Waals surface area contributed by atoms with Crippen molar-refractivity contribution >= 4 is 10.0 Å². The van der Waals surface area contributed by atoms with Crippen molar-refractivity contribution in [3.05, 3.63) is 29.9 Å². The van der Waals surface area contributed by atoms with Gasteiger partial charge in [0.05, 0.1) is 20.3 Å². The van der Waals surface area contributed by atoms with Crippen LogP contribution in [-0.2, 0) is 10.0 Å². The minimum atomic E-state index is -3.88. The molecule has 0 aliphatic heterocycles. The van der Waals surface area contributed by atoms with E-state index in [1.807, 2.05) is 13.8 Å². The number of benzene rings is 1. The number of nitrogens with zero attached hydrogens (tertiary/aromatic N) is 2. The zero-order valence-corrected chi connectivity index (χ0v) is 15.0. The summed E-state index contributed by atoms with van der Waals surface area (Å²) < 4.78 is 43.2. The van der Waals surface area contributed by atoms with Crippen LogP contribution >= 0.6 is 0 Å². The van der Waals surface area contributed by atoms with Crippen LogP contribution in [0.15, 0.2) is 27.6 Å². The van der Waals surface area contributed by atoms with Crippen molar-refractivity contribution in [2.24, 2.45) is 0 Å². The molecule has 2 rings (SSSR count). The summed E-state index contributed by atoms with van der Waals surface area (Å²) >= 11 is 0. The van der Waals surface area contributed by atoms with Gasteiger partial charge in [0.1, 0.15) is 16.4 Å². The van der Waals surface area contributed by atoms with Gasteiger partial charge in [-0.2, -0.15) is 9.71 Å². The second kappa shape index (κ2) is 7.18. The van der Waals surface area contributed by atoms with Crippen molar-refractivity contribution in [2.45, 2.75) is 37.6 Å². The average Bonchev–Trinajstić information content (AvgIpc) is 3.04. The summed E-state index contributed by atoms with van der Waals surface area (Å²) in [4.78, 5) is 4.18. The Bertz CT molecular complexity index is 801. The molecule has 132 valence electrons. The summed E-state index contributed by atoms with van der Waals surface area (Å²) in [6.07, 6.45) is 0. The molecule has 1 heterocycles. The van der Waals surface area contributed by atoms with Gasteiger partial charge in [-0.3, -0.25) is 0 Å². The molecule has 0 radical (unpaired) electrons. The van der Waals surface area contributed by atoms with Gasteiger partial charge in [-0.25, -0.2) is 8.42 Å². The summed E-state index contributed by atoms with van der Waals surface area (Å²) in [5.41, 5.74) is 0. The van der Waals surface area contributed by atoms with E-state index in [1.165, 1.54) is 26.4 Å². The van der Waals surface area contributed by atoms with Crippen molar-refractivity contribution < 1.29 is 22.4 Å². The molecule has 0 fully saturated rings. The second-order valence-electron chi connectivity index (χ2n) is 5.51. The Hall–Kier alpha value is -2.13. The minimum Gasteiger partial charge on any atom is -0.497 e. The largest absolute Gasteiger partial charge is 0.497 e. The van der Waals surface area contributed by atoms with Crippen LogP contribution in [0.3, 0.4) is 0 Å². The molecule has 9 heteroatoms. The number of methoxy groups -OCH3 is 2. The SMILES string of the molecule is COc1ccc(OC)c(S(=O)(=O)N[C@H](C)c2nc(C(C)C)no2)c1. The van der Waals surface area contributed by atoms with Gasteiger partial charge < -0.3 is 14.0 Å². The summed E-state index contributed by atoms with van der Waals surface area (Å²) in [5, 5.41) is 3.84. The van der Waals surface area contributed by atoms with Crippen LogP contribution in [0.25, 0.3) is 0 Å². The van der Waals surface area contributed by atoms with Crippen molar-refractivity contribution in [3.63, 3.8) is 0 Å². The molecular weight excluding hydrogens is 334 g/mol. The molecule has 0 spiro atoms. The predicted octanol–water partition coefficient (Wildman–Crippen LogP) is 2.25. The van der Waals surface area contributed by atoms with Gasteiger partial charge in [-0.05, 0) is 19.1 Å². The van der Waals surface area contributed by atoms with Crippen LogP contribution in [0.1, 0.15) is 44.4 Å². The highest BCUT2D eigenvalue weighted by Gasteiger charge is 2.26. The lowest BCUT2D eigenvalue weighted by Crippen LogP contribution is -2.27. The molecule has 24 heavy (non-hydrogen) atoms.